The van der Waals surface area contributed by atoms with Crippen LogP contribution in [0.3, 0.4) is 0 Å². The highest BCUT2D eigenvalue weighted by molar-refractivity contribution is 5.79. The molecule has 0 aliphatic carbocycles. The Morgan fingerprint density at radius 1 is 1.30 bits per heavy atom. The van der Waals surface area contributed by atoms with Crippen LogP contribution < -0.4 is 5.32 Å². The van der Waals surface area contributed by atoms with E-state index >= 15 is 0 Å². The lowest BCUT2D eigenvalue weighted by Crippen LogP contribution is -2.42. The van der Waals surface area contributed by atoms with Crippen LogP contribution in [0.5, 0.6) is 0 Å². The van der Waals surface area contributed by atoms with Crippen molar-refractivity contribution in [2.24, 2.45) is 5.92 Å². The number of carbonyl (C=O) groups is 1. The molecule has 2 rings (SSSR count). The van der Waals surface area contributed by atoms with Gasteiger partial charge >= 0.3 is 0 Å². The highest BCUT2D eigenvalue weighted by Gasteiger charge is 2.25. The molecule has 1 atom stereocenters. The van der Waals surface area contributed by atoms with Crippen molar-refractivity contribution >= 4 is 5.91 Å². The fourth-order valence-electron chi connectivity index (χ4n) is 2.66. The molecular formula is C17H26N2O. The molecule has 1 aliphatic heterocycles. The zero-order valence-electron chi connectivity index (χ0n) is 12.6. The van der Waals surface area contributed by atoms with Gasteiger partial charge in [0.15, 0.2) is 0 Å². The lowest BCUT2D eigenvalue weighted by molar-refractivity contribution is -0.127. The maximum Gasteiger partial charge on any atom is 0.223 e. The molecule has 20 heavy (non-hydrogen) atoms. The van der Waals surface area contributed by atoms with E-state index in [2.05, 4.69) is 54.4 Å². The fourth-order valence-corrected chi connectivity index (χ4v) is 2.66. The van der Waals surface area contributed by atoms with E-state index < -0.39 is 0 Å². The molecule has 110 valence electrons. The van der Waals surface area contributed by atoms with Crippen LogP contribution in [-0.2, 0) is 11.3 Å². The highest BCUT2D eigenvalue weighted by Crippen LogP contribution is 2.19. The number of hydrogen-bond donors (Lipinski definition) is 1. The van der Waals surface area contributed by atoms with E-state index in [1.807, 2.05) is 0 Å². The standard InChI is InChI=1S/C17H26N2O/c1-3-14(2)18-17(20)16-9-11-19(12-10-16)13-15-7-5-4-6-8-15/h4-8,14,16H,3,9-13H2,1-2H3,(H,18,20)/t14-/m0/s1. The minimum Gasteiger partial charge on any atom is -0.353 e. The van der Waals surface area contributed by atoms with Gasteiger partial charge in [0, 0.05) is 18.5 Å². The van der Waals surface area contributed by atoms with Gasteiger partial charge in [0.05, 0.1) is 0 Å². The molecule has 1 heterocycles. The molecule has 0 bridgehead atoms. The van der Waals surface area contributed by atoms with Crippen LogP contribution >= 0.6 is 0 Å². The fraction of sp³-hybridized carbons (Fsp3) is 0.588. The maximum atomic E-state index is 12.1. The van der Waals surface area contributed by atoms with Crippen molar-refractivity contribution in [3.63, 3.8) is 0 Å². The van der Waals surface area contributed by atoms with Crippen LogP contribution in [0, 0.1) is 5.92 Å². The van der Waals surface area contributed by atoms with Crippen molar-refractivity contribution in [1.82, 2.24) is 10.2 Å². The topological polar surface area (TPSA) is 32.3 Å². The van der Waals surface area contributed by atoms with E-state index in [-0.39, 0.29) is 11.8 Å². The van der Waals surface area contributed by atoms with E-state index in [0.717, 1.165) is 38.9 Å². The summed E-state index contributed by atoms with van der Waals surface area (Å²) in [4.78, 5) is 14.5. The molecule has 0 spiro atoms. The van der Waals surface area contributed by atoms with E-state index in [9.17, 15) is 4.79 Å². The van der Waals surface area contributed by atoms with Gasteiger partial charge in [0.2, 0.25) is 5.91 Å². The third-order valence-corrected chi connectivity index (χ3v) is 4.21. The first-order valence-electron chi connectivity index (χ1n) is 7.75. The summed E-state index contributed by atoms with van der Waals surface area (Å²) in [5, 5.41) is 3.11. The van der Waals surface area contributed by atoms with Crippen molar-refractivity contribution in [2.45, 2.75) is 45.7 Å². The second-order valence-electron chi connectivity index (χ2n) is 5.85. The Morgan fingerprint density at radius 2 is 1.95 bits per heavy atom. The normalized spacial score (nSPS) is 18.7. The van der Waals surface area contributed by atoms with Gasteiger partial charge in [0.1, 0.15) is 0 Å². The van der Waals surface area contributed by atoms with Crippen molar-refractivity contribution < 1.29 is 4.79 Å². The molecule has 0 unspecified atom stereocenters. The first-order valence-corrected chi connectivity index (χ1v) is 7.75. The number of piperidine rings is 1. The summed E-state index contributed by atoms with van der Waals surface area (Å²) in [6, 6.07) is 10.9. The Kier molecular flexibility index (Phi) is 5.60. The van der Waals surface area contributed by atoms with E-state index in [0.29, 0.717) is 6.04 Å². The summed E-state index contributed by atoms with van der Waals surface area (Å²) in [6.45, 7) is 7.22. The number of nitrogens with zero attached hydrogens (tertiary/aromatic N) is 1. The Hall–Kier alpha value is -1.35. The first-order chi connectivity index (χ1) is 9.69. The number of hydrogen-bond acceptors (Lipinski definition) is 2. The van der Waals surface area contributed by atoms with E-state index in [1.165, 1.54) is 5.56 Å². The molecule has 3 heteroatoms. The molecule has 1 amide bonds. The zero-order chi connectivity index (χ0) is 14.4. The molecule has 1 fully saturated rings. The molecule has 1 N–H and O–H groups in total. The van der Waals surface area contributed by atoms with Crippen molar-refractivity contribution in [2.75, 3.05) is 13.1 Å². The van der Waals surface area contributed by atoms with Gasteiger partial charge in [0.25, 0.3) is 0 Å². The number of likely N-dealkylation sites (tertiary alicyclic amines) is 1. The summed E-state index contributed by atoms with van der Waals surface area (Å²) < 4.78 is 0. The van der Waals surface area contributed by atoms with E-state index in [1.54, 1.807) is 0 Å². The Labute approximate surface area is 122 Å². The summed E-state index contributed by atoms with van der Waals surface area (Å²) in [6.07, 6.45) is 2.96. The summed E-state index contributed by atoms with van der Waals surface area (Å²) in [7, 11) is 0. The SMILES string of the molecule is CC[C@H](C)NC(=O)C1CCN(Cc2ccccc2)CC1. The average molecular weight is 274 g/mol. The van der Waals surface area contributed by atoms with Crippen molar-refractivity contribution in [1.29, 1.82) is 0 Å². The molecular weight excluding hydrogens is 248 g/mol. The van der Waals surface area contributed by atoms with Crippen LogP contribution in [0.25, 0.3) is 0 Å². The predicted molar refractivity (Wildman–Crippen MR) is 82.3 cm³/mol. The lowest BCUT2D eigenvalue weighted by atomic mass is 9.95. The van der Waals surface area contributed by atoms with Gasteiger partial charge in [-0.1, -0.05) is 37.3 Å². The molecule has 1 aliphatic rings. The van der Waals surface area contributed by atoms with Crippen LogP contribution in [0.15, 0.2) is 30.3 Å². The number of carbonyl (C=O) groups excluding carboxylic acids is 1. The molecule has 0 radical (unpaired) electrons. The third kappa shape index (κ3) is 4.34. The smallest absolute Gasteiger partial charge is 0.223 e. The van der Waals surface area contributed by atoms with Gasteiger partial charge in [-0.3, -0.25) is 9.69 Å². The van der Waals surface area contributed by atoms with Gasteiger partial charge in [-0.15, -0.1) is 0 Å². The van der Waals surface area contributed by atoms with Crippen LogP contribution in [0.4, 0.5) is 0 Å². The highest BCUT2D eigenvalue weighted by atomic mass is 16.1. The first kappa shape index (κ1) is 15.0. The van der Waals surface area contributed by atoms with Crippen molar-refractivity contribution in [3.05, 3.63) is 35.9 Å². The Bertz CT molecular complexity index is 410. The monoisotopic (exact) mass is 274 g/mol. The average Bonchev–Trinajstić information content (AvgIpc) is 2.49. The largest absolute Gasteiger partial charge is 0.353 e. The molecule has 1 aromatic rings. The molecule has 0 saturated carbocycles. The van der Waals surface area contributed by atoms with E-state index in [4.69, 9.17) is 0 Å². The quantitative estimate of drug-likeness (QED) is 0.895. The Balaban J connectivity index is 1.76. The van der Waals surface area contributed by atoms with Crippen LogP contribution in [-0.4, -0.2) is 29.9 Å². The van der Waals surface area contributed by atoms with Gasteiger partial charge in [-0.25, -0.2) is 0 Å². The number of rotatable bonds is 5. The third-order valence-electron chi connectivity index (χ3n) is 4.21. The maximum absolute atomic E-state index is 12.1. The van der Waals surface area contributed by atoms with Crippen LogP contribution in [0.2, 0.25) is 0 Å². The van der Waals surface area contributed by atoms with Gasteiger partial charge < -0.3 is 5.32 Å². The molecule has 1 saturated heterocycles. The molecule has 1 aromatic carbocycles. The van der Waals surface area contributed by atoms with Crippen molar-refractivity contribution in [3.8, 4) is 0 Å². The second kappa shape index (κ2) is 7.44. The second-order valence-corrected chi connectivity index (χ2v) is 5.85. The minimum atomic E-state index is 0.205. The van der Waals surface area contributed by atoms with Gasteiger partial charge in [-0.2, -0.15) is 0 Å². The summed E-state index contributed by atoms with van der Waals surface area (Å²) in [5.41, 5.74) is 1.36. The number of nitrogens with one attached hydrogen (secondary N) is 1. The lowest BCUT2D eigenvalue weighted by Gasteiger charge is -2.31. The van der Waals surface area contributed by atoms with Gasteiger partial charge in [-0.05, 0) is 44.8 Å². The molecule has 0 aromatic heterocycles. The zero-order valence-corrected chi connectivity index (χ0v) is 12.6. The Morgan fingerprint density at radius 3 is 2.55 bits per heavy atom. The number of benzene rings is 1. The number of amides is 1. The minimum absolute atomic E-state index is 0.205. The summed E-state index contributed by atoms with van der Waals surface area (Å²) in [5.74, 6) is 0.453. The van der Waals surface area contributed by atoms with Crippen LogP contribution in [0.1, 0.15) is 38.7 Å². The molecule has 3 nitrogen and oxygen atoms in total. The predicted octanol–water partition coefficient (Wildman–Crippen LogP) is 2.81. The summed E-state index contributed by atoms with van der Waals surface area (Å²) >= 11 is 0.